The lowest BCUT2D eigenvalue weighted by Crippen LogP contribution is -2.39. The van der Waals surface area contributed by atoms with Gasteiger partial charge < -0.3 is 10.4 Å². The highest BCUT2D eigenvalue weighted by Gasteiger charge is 2.43. The topological polar surface area (TPSA) is 67.2 Å². The summed E-state index contributed by atoms with van der Waals surface area (Å²) in [6.07, 6.45) is 7.51. The predicted molar refractivity (Wildman–Crippen MR) is 75.9 cm³/mol. The Hall–Kier alpha value is -1.01. The van der Waals surface area contributed by atoms with Gasteiger partial charge in [-0.1, -0.05) is 0 Å². The van der Waals surface area contributed by atoms with E-state index < -0.39 is 6.10 Å². The van der Waals surface area contributed by atoms with Crippen LogP contribution in [0.1, 0.15) is 19.3 Å². The van der Waals surface area contributed by atoms with Crippen LogP contribution in [-0.2, 0) is 11.3 Å². The van der Waals surface area contributed by atoms with E-state index in [-0.39, 0.29) is 11.3 Å². The highest BCUT2D eigenvalue weighted by atomic mass is 32.2. The normalized spacial score (nSPS) is 18.0. The molecule has 106 valence electrons. The van der Waals surface area contributed by atoms with Crippen LogP contribution in [0.25, 0.3) is 0 Å². The Balaban J connectivity index is 1.74. The van der Waals surface area contributed by atoms with E-state index in [2.05, 4.69) is 10.4 Å². The predicted octanol–water partition coefficient (Wildman–Crippen LogP) is 0.893. The second-order valence-corrected chi connectivity index (χ2v) is 6.20. The van der Waals surface area contributed by atoms with E-state index in [1.165, 1.54) is 0 Å². The van der Waals surface area contributed by atoms with Gasteiger partial charge in [-0.3, -0.25) is 9.48 Å². The third kappa shape index (κ3) is 4.24. The number of hydrogen-bond acceptors (Lipinski definition) is 4. The fourth-order valence-electron chi connectivity index (χ4n) is 2.06. The maximum atomic E-state index is 11.7. The Morgan fingerprint density at radius 1 is 1.63 bits per heavy atom. The zero-order valence-corrected chi connectivity index (χ0v) is 12.0. The standard InChI is InChI=1S/C13H21N3O2S/c1-19-8-3-11(17)12(18)14-9-13(4-5-13)10-16-7-2-6-15-16/h2,6-7,11,17H,3-5,8-10H2,1H3,(H,14,18)/t11-/m1/s1. The van der Waals surface area contributed by atoms with Gasteiger partial charge in [-0.2, -0.15) is 16.9 Å². The lowest BCUT2D eigenvalue weighted by atomic mass is 10.1. The number of rotatable bonds is 8. The van der Waals surface area contributed by atoms with Gasteiger partial charge in [0.25, 0.3) is 0 Å². The Morgan fingerprint density at radius 3 is 3.00 bits per heavy atom. The molecule has 1 aromatic rings. The summed E-state index contributed by atoms with van der Waals surface area (Å²) < 4.78 is 1.91. The molecule has 0 unspecified atom stereocenters. The van der Waals surface area contributed by atoms with Crippen LogP contribution in [0.15, 0.2) is 18.5 Å². The lowest BCUT2D eigenvalue weighted by Gasteiger charge is -2.17. The van der Waals surface area contributed by atoms with Gasteiger partial charge in [-0.15, -0.1) is 0 Å². The van der Waals surface area contributed by atoms with Gasteiger partial charge in [0.1, 0.15) is 6.10 Å². The summed E-state index contributed by atoms with van der Waals surface area (Å²) >= 11 is 1.63. The first-order valence-electron chi connectivity index (χ1n) is 6.57. The quantitative estimate of drug-likeness (QED) is 0.743. The fraction of sp³-hybridized carbons (Fsp3) is 0.692. The second-order valence-electron chi connectivity index (χ2n) is 5.22. The molecule has 2 N–H and O–H groups in total. The molecule has 1 aromatic heterocycles. The summed E-state index contributed by atoms with van der Waals surface area (Å²) in [7, 11) is 0. The minimum absolute atomic E-state index is 0.140. The van der Waals surface area contributed by atoms with Gasteiger partial charge in [-0.25, -0.2) is 0 Å². The SMILES string of the molecule is CSCC[C@@H](O)C(=O)NCC1(Cn2cccn2)CC1. The number of hydrogen-bond donors (Lipinski definition) is 2. The average Bonchev–Trinajstić information content (AvgIpc) is 2.98. The molecule has 1 heterocycles. The number of amides is 1. The smallest absolute Gasteiger partial charge is 0.248 e. The third-order valence-electron chi connectivity index (χ3n) is 3.55. The van der Waals surface area contributed by atoms with E-state index in [0.29, 0.717) is 13.0 Å². The van der Waals surface area contributed by atoms with Crippen LogP contribution in [0.5, 0.6) is 0 Å². The molecule has 19 heavy (non-hydrogen) atoms. The number of aromatic nitrogens is 2. The second kappa shape index (κ2) is 6.43. The van der Waals surface area contributed by atoms with Gasteiger partial charge >= 0.3 is 0 Å². The average molecular weight is 283 g/mol. The Bertz CT molecular complexity index is 404. The van der Waals surface area contributed by atoms with Gasteiger partial charge in [0.15, 0.2) is 0 Å². The Morgan fingerprint density at radius 2 is 2.42 bits per heavy atom. The number of nitrogens with zero attached hydrogens (tertiary/aromatic N) is 2. The lowest BCUT2D eigenvalue weighted by molar-refractivity contribution is -0.129. The van der Waals surface area contributed by atoms with Gasteiger partial charge in [0, 0.05) is 30.9 Å². The molecule has 1 saturated carbocycles. The molecule has 1 fully saturated rings. The van der Waals surface area contributed by atoms with Crippen LogP contribution >= 0.6 is 11.8 Å². The molecular weight excluding hydrogens is 262 g/mol. The third-order valence-corrected chi connectivity index (χ3v) is 4.19. The highest BCUT2D eigenvalue weighted by Crippen LogP contribution is 2.46. The summed E-state index contributed by atoms with van der Waals surface area (Å²) in [5.41, 5.74) is 0.140. The first-order valence-corrected chi connectivity index (χ1v) is 7.97. The number of aliphatic hydroxyl groups is 1. The fourth-order valence-corrected chi connectivity index (χ4v) is 2.52. The molecule has 0 bridgehead atoms. The van der Waals surface area contributed by atoms with Gasteiger partial charge in [0.05, 0.1) is 0 Å². The Kier molecular flexibility index (Phi) is 4.87. The molecule has 1 amide bonds. The van der Waals surface area contributed by atoms with Crippen molar-refractivity contribution in [1.29, 1.82) is 0 Å². The van der Waals surface area contributed by atoms with E-state index in [0.717, 1.165) is 25.1 Å². The Labute approximate surface area is 117 Å². The van der Waals surface area contributed by atoms with Crippen molar-refractivity contribution < 1.29 is 9.90 Å². The van der Waals surface area contributed by atoms with Crippen molar-refractivity contribution in [2.45, 2.75) is 31.9 Å². The number of carbonyl (C=O) groups is 1. The maximum Gasteiger partial charge on any atom is 0.248 e. The van der Waals surface area contributed by atoms with Crippen molar-refractivity contribution in [3.8, 4) is 0 Å². The van der Waals surface area contributed by atoms with E-state index in [4.69, 9.17) is 0 Å². The molecule has 0 spiro atoms. The summed E-state index contributed by atoms with van der Waals surface area (Å²) in [5.74, 6) is 0.549. The molecule has 2 rings (SSSR count). The molecular formula is C13H21N3O2S. The zero-order valence-electron chi connectivity index (χ0n) is 11.2. The van der Waals surface area contributed by atoms with E-state index in [1.807, 2.05) is 23.2 Å². The van der Waals surface area contributed by atoms with Crippen molar-refractivity contribution >= 4 is 17.7 Å². The van der Waals surface area contributed by atoms with E-state index in [1.54, 1.807) is 18.0 Å². The zero-order chi connectivity index (χ0) is 13.7. The summed E-state index contributed by atoms with van der Waals surface area (Å²) in [6.45, 7) is 1.46. The molecule has 5 nitrogen and oxygen atoms in total. The first-order chi connectivity index (χ1) is 9.15. The minimum atomic E-state index is -0.882. The molecule has 0 saturated heterocycles. The number of nitrogens with one attached hydrogen (secondary N) is 1. The molecule has 6 heteroatoms. The van der Waals surface area contributed by atoms with Crippen LogP contribution < -0.4 is 5.32 Å². The molecule has 0 aromatic carbocycles. The molecule has 1 aliphatic carbocycles. The van der Waals surface area contributed by atoms with Crippen molar-refractivity contribution in [3.63, 3.8) is 0 Å². The van der Waals surface area contributed by atoms with Crippen molar-refractivity contribution in [2.24, 2.45) is 5.41 Å². The number of thioether (sulfide) groups is 1. The van der Waals surface area contributed by atoms with Crippen LogP contribution in [-0.4, -0.2) is 45.5 Å². The van der Waals surface area contributed by atoms with Crippen LogP contribution in [0.3, 0.4) is 0 Å². The monoisotopic (exact) mass is 283 g/mol. The van der Waals surface area contributed by atoms with E-state index in [9.17, 15) is 9.90 Å². The largest absolute Gasteiger partial charge is 0.383 e. The van der Waals surface area contributed by atoms with Crippen molar-refractivity contribution in [3.05, 3.63) is 18.5 Å². The molecule has 0 aliphatic heterocycles. The molecule has 0 radical (unpaired) electrons. The summed E-state index contributed by atoms with van der Waals surface area (Å²) in [4.78, 5) is 11.7. The van der Waals surface area contributed by atoms with Crippen LogP contribution in [0, 0.1) is 5.41 Å². The highest BCUT2D eigenvalue weighted by molar-refractivity contribution is 7.98. The van der Waals surface area contributed by atoms with Gasteiger partial charge in [-0.05, 0) is 37.3 Å². The number of aliphatic hydroxyl groups excluding tert-OH is 1. The van der Waals surface area contributed by atoms with Crippen molar-refractivity contribution in [1.82, 2.24) is 15.1 Å². The van der Waals surface area contributed by atoms with E-state index >= 15 is 0 Å². The van der Waals surface area contributed by atoms with Gasteiger partial charge in [0.2, 0.25) is 5.91 Å². The summed E-state index contributed by atoms with van der Waals surface area (Å²) in [5, 5.41) is 16.7. The van der Waals surface area contributed by atoms with Crippen molar-refractivity contribution in [2.75, 3.05) is 18.6 Å². The van der Waals surface area contributed by atoms with Crippen LogP contribution in [0.4, 0.5) is 0 Å². The molecule has 1 atom stereocenters. The first kappa shape index (κ1) is 14.4. The molecule has 1 aliphatic rings. The maximum absolute atomic E-state index is 11.7. The van der Waals surface area contributed by atoms with Crippen LogP contribution in [0.2, 0.25) is 0 Å². The summed E-state index contributed by atoms with van der Waals surface area (Å²) in [6, 6.07) is 1.90. The minimum Gasteiger partial charge on any atom is -0.383 e. The number of carbonyl (C=O) groups excluding carboxylic acids is 1.